The van der Waals surface area contributed by atoms with E-state index in [0.29, 0.717) is 0 Å². The molecular formula is C31H34N2S. The predicted molar refractivity (Wildman–Crippen MR) is 147 cm³/mol. The average Bonchev–Trinajstić information content (AvgIpc) is 2.86. The van der Waals surface area contributed by atoms with E-state index < -0.39 is 0 Å². The molecule has 0 aliphatic carbocycles. The minimum absolute atomic E-state index is 0.236. The topological polar surface area (TPSA) is 6.48 Å². The molecule has 0 aliphatic heterocycles. The molecule has 0 N–H and O–H groups in total. The highest BCUT2D eigenvalue weighted by molar-refractivity contribution is 7.81. The fraction of sp³-hybridized carbons (Fsp3) is 0.226. The highest BCUT2D eigenvalue weighted by atomic mass is 32.1. The molecule has 0 amide bonds. The zero-order chi connectivity index (χ0) is 23.4. The SMILES string of the molecule is SC(CN(Cc1ccccc1)Cc1ccccc1)CN(Cc1ccccc1)Cc1ccccc1. The molecule has 0 fully saturated rings. The maximum absolute atomic E-state index is 5.09. The van der Waals surface area contributed by atoms with Crippen LogP contribution in [0.25, 0.3) is 0 Å². The molecule has 4 aromatic rings. The molecule has 0 saturated carbocycles. The summed E-state index contributed by atoms with van der Waals surface area (Å²) in [7, 11) is 0. The number of hydrogen-bond donors (Lipinski definition) is 1. The third kappa shape index (κ3) is 8.18. The Labute approximate surface area is 210 Å². The molecule has 0 unspecified atom stereocenters. The summed E-state index contributed by atoms with van der Waals surface area (Å²) in [6.45, 7) is 5.53. The number of thiol groups is 1. The lowest BCUT2D eigenvalue weighted by Gasteiger charge is -2.30. The molecule has 0 aromatic heterocycles. The van der Waals surface area contributed by atoms with Gasteiger partial charge in [0.25, 0.3) is 0 Å². The maximum Gasteiger partial charge on any atom is 0.0272 e. The second-order valence-electron chi connectivity index (χ2n) is 8.94. The minimum Gasteiger partial charge on any atom is -0.294 e. The summed E-state index contributed by atoms with van der Waals surface area (Å²) in [4.78, 5) is 5.04. The number of nitrogens with zero attached hydrogens (tertiary/aromatic N) is 2. The lowest BCUT2D eigenvalue weighted by Crippen LogP contribution is -2.37. The van der Waals surface area contributed by atoms with Gasteiger partial charge >= 0.3 is 0 Å². The molecule has 0 bridgehead atoms. The second kappa shape index (κ2) is 13.1. The van der Waals surface area contributed by atoms with Crippen LogP contribution in [0.15, 0.2) is 121 Å². The normalized spacial score (nSPS) is 11.4. The monoisotopic (exact) mass is 466 g/mol. The molecule has 174 valence electrons. The Hall–Kier alpha value is -2.85. The summed E-state index contributed by atoms with van der Waals surface area (Å²) in [5.74, 6) is 0. The molecule has 0 radical (unpaired) electrons. The lowest BCUT2D eigenvalue weighted by atomic mass is 10.1. The van der Waals surface area contributed by atoms with E-state index in [9.17, 15) is 0 Å². The Morgan fingerprint density at radius 1 is 0.412 bits per heavy atom. The Morgan fingerprint density at radius 2 is 0.647 bits per heavy atom. The van der Waals surface area contributed by atoms with Crippen molar-refractivity contribution in [3.63, 3.8) is 0 Å². The zero-order valence-electron chi connectivity index (χ0n) is 19.7. The van der Waals surface area contributed by atoms with Crippen LogP contribution in [0, 0.1) is 0 Å². The molecule has 4 rings (SSSR count). The van der Waals surface area contributed by atoms with Crippen LogP contribution in [0.2, 0.25) is 0 Å². The van der Waals surface area contributed by atoms with Gasteiger partial charge in [0.15, 0.2) is 0 Å². The fourth-order valence-corrected chi connectivity index (χ4v) is 4.85. The molecular weight excluding hydrogens is 432 g/mol. The Kier molecular flexibility index (Phi) is 9.39. The molecule has 2 nitrogen and oxygen atoms in total. The molecule has 0 heterocycles. The van der Waals surface area contributed by atoms with Crippen molar-refractivity contribution in [2.75, 3.05) is 13.1 Å². The first-order valence-corrected chi connectivity index (χ1v) is 12.5. The second-order valence-corrected chi connectivity index (χ2v) is 9.67. The summed E-state index contributed by atoms with van der Waals surface area (Å²) in [6.07, 6.45) is 0. The van der Waals surface area contributed by atoms with Crippen molar-refractivity contribution in [3.8, 4) is 0 Å². The predicted octanol–water partition coefficient (Wildman–Crippen LogP) is 6.69. The van der Waals surface area contributed by atoms with Gasteiger partial charge in [-0.3, -0.25) is 9.80 Å². The summed E-state index contributed by atoms with van der Waals surface area (Å²) in [6, 6.07) is 43.0. The van der Waals surface area contributed by atoms with Crippen molar-refractivity contribution in [3.05, 3.63) is 144 Å². The quantitative estimate of drug-likeness (QED) is 0.232. The van der Waals surface area contributed by atoms with Crippen molar-refractivity contribution < 1.29 is 0 Å². The average molecular weight is 467 g/mol. The third-order valence-electron chi connectivity index (χ3n) is 5.93. The Morgan fingerprint density at radius 3 is 0.882 bits per heavy atom. The van der Waals surface area contributed by atoms with Gasteiger partial charge in [0.1, 0.15) is 0 Å². The van der Waals surface area contributed by atoms with Crippen LogP contribution in [0.1, 0.15) is 22.3 Å². The zero-order valence-corrected chi connectivity index (χ0v) is 20.6. The summed E-state index contributed by atoms with van der Waals surface area (Å²) >= 11 is 5.09. The first kappa shape index (κ1) is 24.3. The molecule has 4 aromatic carbocycles. The molecule has 0 spiro atoms. The molecule has 34 heavy (non-hydrogen) atoms. The standard InChI is InChI=1S/C31H34N2S/c34-31(25-32(21-27-13-5-1-6-14-27)22-28-15-7-2-8-16-28)26-33(23-29-17-9-3-10-18-29)24-30-19-11-4-12-20-30/h1-20,31,34H,21-26H2. The Bertz CT molecular complexity index is 899. The van der Waals surface area contributed by atoms with Crippen LogP contribution in [0.5, 0.6) is 0 Å². The minimum atomic E-state index is 0.236. The van der Waals surface area contributed by atoms with Crippen LogP contribution < -0.4 is 0 Å². The highest BCUT2D eigenvalue weighted by Gasteiger charge is 2.17. The van der Waals surface area contributed by atoms with Gasteiger partial charge < -0.3 is 0 Å². The fourth-order valence-electron chi connectivity index (χ4n) is 4.39. The molecule has 3 heteroatoms. The number of rotatable bonds is 12. The van der Waals surface area contributed by atoms with Crippen LogP contribution >= 0.6 is 12.6 Å². The van der Waals surface area contributed by atoms with E-state index in [1.165, 1.54) is 22.3 Å². The Balaban J connectivity index is 1.45. The van der Waals surface area contributed by atoms with Crippen LogP contribution in [-0.4, -0.2) is 28.1 Å². The van der Waals surface area contributed by atoms with Gasteiger partial charge in [-0.15, -0.1) is 0 Å². The first-order valence-electron chi connectivity index (χ1n) is 12.0. The first-order chi connectivity index (χ1) is 16.7. The highest BCUT2D eigenvalue weighted by Crippen LogP contribution is 2.16. The van der Waals surface area contributed by atoms with Gasteiger partial charge in [0.05, 0.1) is 0 Å². The van der Waals surface area contributed by atoms with Gasteiger partial charge in [-0.05, 0) is 22.3 Å². The van der Waals surface area contributed by atoms with Crippen molar-refractivity contribution in [1.29, 1.82) is 0 Å². The van der Waals surface area contributed by atoms with Gasteiger partial charge in [-0.2, -0.15) is 12.6 Å². The van der Waals surface area contributed by atoms with Crippen LogP contribution in [0.3, 0.4) is 0 Å². The van der Waals surface area contributed by atoms with Gasteiger partial charge in [-0.1, -0.05) is 121 Å². The van der Waals surface area contributed by atoms with Gasteiger partial charge in [-0.25, -0.2) is 0 Å². The summed E-state index contributed by atoms with van der Waals surface area (Å²) < 4.78 is 0. The van der Waals surface area contributed by atoms with Gasteiger partial charge in [0, 0.05) is 44.5 Å². The van der Waals surface area contributed by atoms with Crippen LogP contribution in [0.4, 0.5) is 0 Å². The number of hydrogen-bond acceptors (Lipinski definition) is 3. The number of benzene rings is 4. The van der Waals surface area contributed by atoms with E-state index in [-0.39, 0.29) is 5.25 Å². The van der Waals surface area contributed by atoms with E-state index in [4.69, 9.17) is 12.6 Å². The molecule has 0 saturated heterocycles. The van der Waals surface area contributed by atoms with Gasteiger partial charge in [0.2, 0.25) is 0 Å². The van der Waals surface area contributed by atoms with Crippen molar-refractivity contribution in [2.45, 2.75) is 31.4 Å². The van der Waals surface area contributed by atoms with E-state index in [0.717, 1.165) is 39.3 Å². The third-order valence-corrected chi connectivity index (χ3v) is 6.26. The smallest absolute Gasteiger partial charge is 0.0272 e. The summed E-state index contributed by atoms with van der Waals surface area (Å²) in [5.41, 5.74) is 5.35. The van der Waals surface area contributed by atoms with Crippen molar-refractivity contribution in [1.82, 2.24) is 9.80 Å². The van der Waals surface area contributed by atoms with E-state index in [1.807, 2.05) is 0 Å². The van der Waals surface area contributed by atoms with E-state index >= 15 is 0 Å². The largest absolute Gasteiger partial charge is 0.294 e. The molecule has 0 aliphatic rings. The lowest BCUT2D eigenvalue weighted by molar-refractivity contribution is 0.213. The maximum atomic E-state index is 5.09. The van der Waals surface area contributed by atoms with E-state index in [1.54, 1.807) is 0 Å². The van der Waals surface area contributed by atoms with Crippen molar-refractivity contribution >= 4 is 12.6 Å². The summed E-state index contributed by atoms with van der Waals surface area (Å²) in [5, 5.41) is 0.236. The van der Waals surface area contributed by atoms with Crippen LogP contribution in [-0.2, 0) is 26.2 Å². The van der Waals surface area contributed by atoms with E-state index in [2.05, 4.69) is 131 Å². The molecule has 0 atom stereocenters. The van der Waals surface area contributed by atoms with Crippen molar-refractivity contribution in [2.24, 2.45) is 0 Å².